The number of hydrogen-bond donors (Lipinski definition) is 1. The van der Waals surface area contributed by atoms with E-state index >= 15 is 0 Å². The van der Waals surface area contributed by atoms with Gasteiger partial charge in [-0.2, -0.15) is 5.10 Å². The maximum Gasteiger partial charge on any atom is 0.0977 e. The van der Waals surface area contributed by atoms with Crippen molar-refractivity contribution in [2.45, 2.75) is 26.2 Å². The van der Waals surface area contributed by atoms with Crippen molar-refractivity contribution in [2.75, 3.05) is 5.43 Å². The van der Waals surface area contributed by atoms with Crippen LogP contribution in [0, 0.1) is 0 Å². The first-order valence-corrected chi connectivity index (χ1v) is 9.07. The number of benzene rings is 3. The molecular formula is C23H23ClN2. The average molecular weight is 363 g/mol. The summed E-state index contributed by atoms with van der Waals surface area (Å²) in [7, 11) is 0. The molecular weight excluding hydrogens is 340 g/mol. The van der Waals surface area contributed by atoms with Gasteiger partial charge in [0, 0.05) is 16.1 Å². The second kappa shape index (κ2) is 7.76. The smallest absolute Gasteiger partial charge is 0.0977 e. The van der Waals surface area contributed by atoms with Crippen LogP contribution in [0.5, 0.6) is 0 Å². The molecule has 0 spiro atoms. The summed E-state index contributed by atoms with van der Waals surface area (Å²) in [6.07, 6.45) is 0. The SMILES string of the molecule is CC(C)(C)c1ccc(N/N=C(/c2ccccc2)c2ccc(Cl)cc2)cc1. The van der Waals surface area contributed by atoms with Crippen LogP contribution in [0.1, 0.15) is 37.5 Å². The summed E-state index contributed by atoms with van der Waals surface area (Å²) < 4.78 is 0. The predicted molar refractivity (Wildman–Crippen MR) is 112 cm³/mol. The van der Waals surface area contributed by atoms with Crippen LogP contribution in [-0.2, 0) is 5.41 Å². The third-order valence-corrected chi connectivity index (χ3v) is 4.46. The fourth-order valence-electron chi connectivity index (χ4n) is 2.66. The Bertz CT molecular complexity index is 874. The molecule has 3 aromatic rings. The van der Waals surface area contributed by atoms with Gasteiger partial charge in [0.25, 0.3) is 0 Å². The van der Waals surface area contributed by atoms with E-state index in [9.17, 15) is 0 Å². The zero-order valence-electron chi connectivity index (χ0n) is 15.3. The summed E-state index contributed by atoms with van der Waals surface area (Å²) in [5.41, 5.74) is 8.53. The highest BCUT2D eigenvalue weighted by molar-refractivity contribution is 6.30. The fraction of sp³-hybridized carbons (Fsp3) is 0.174. The Morgan fingerprint density at radius 1 is 0.769 bits per heavy atom. The van der Waals surface area contributed by atoms with Crippen molar-refractivity contribution in [2.24, 2.45) is 5.10 Å². The van der Waals surface area contributed by atoms with Crippen molar-refractivity contribution in [3.63, 3.8) is 0 Å². The number of nitrogens with zero attached hydrogens (tertiary/aromatic N) is 1. The predicted octanol–water partition coefficient (Wildman–Crippen LogP) is 6.50. The third kappa shape index (κ3) is 4.53. The average Bonchev–Trinajstić information content (AvgIpc) is 2.64. The maximum absolute atomic E-state index is 6.03. The van der Waals surface area contributed by atoms with E-state index in [0.717, 1.165) is 22.5 Å². The Hall–Kier alpha value is -2.58. The van der Waals surface area contributed by atoms with Gasteiger partial charge in [-0.1, -0.05) is 87.0 Å². The van der Waals surface area contributed by atoms with Gasteiger partial charge in [0.05, 0.1) is 11.4 Å². The quantitative estimate of drug-likeness (QED) is 0.415. The molecule has 0 amide bonds. The molecule has 0 fully saturated rings. The first kappa shape index (κ1) is 18.2. The van der Waals surface area contributed by atoms with E-state index in [-0.39, 0.29) is 5.41 Å². The van der Waals surface area contributed by atoms with Gasteiger partial charge in [-0.3, -0.25) is 5.43 Å². The van der Waals surface area contributed by atoms with Gasteiger partial charge in [0.1, 0.15) is 0 Å². The van der Waals surface area contributed by atoms with Crippen LogP contribution in [0.25, 0.3) is 0 Å². The molecule has 0 unspecified atom stereocenters. The molecule has 0 radical (unpaired) electrons. The molecule has 1 N–H and O–H groups in total. The van der Waals surface area contributed by atoms with E-state index in [2.05, 4.69) is 67.7 Å². The molecule has 0 aromatic heterocycles. The Morgan fingerprint density at radius 3 is 1.92 bits per heavy atom. The largest absolute Gasteiger partial charge is 0.278 e. The summed E-state index contributed by atoms with van der Waals surface area (Å²) in [5, 5.41) is 5.39. The second-order valence-electron chi connectivity index (χ2n) is 7.27. The molecule has 0 bridgehead atoms. The van der Waals surface area contributed by atoms with Gasteiger partial charge in [-0.05, 0) is 35.2 Å². The van der Waals surface area contributed by atoms with Gasteiger partial charge in [0.15, 0.2) is 0 Å². The third-order valence-electron chi connectivity index (χ3n) is 4.21. The van der Waals surface area contributed by atoms with Crippen LogP contribution in [0.3, 0.4) is 0 Å². The summed E-state index contributed by atoms with van der Waals surface area (Å²) >= 11 is 6.03. The van der Waals surface area contributed by atoms with Crippen LogP contribution < -0.4 is 5.43 Å². The Balaban J connectivity index is 1.91. The number of nitrogens with one attached hydrogen (secondary N) is 1. The molecule has 0 atom stereocenters. The van der Waals surface area contributed by atoms with Crippen LogP contribution >= 0.6 is 11.6 Å². The van der Waals surface area contributed by atoms with Gasteiger partial charge in [0.2, 0.25) is 0 Å². The monoisotopic (exact) mass is 362 g/mol. The van der Waals surface area contributed by atoms with Crippen molar-refractivity contribution < 1.29 is 0 Å². The summed E-state index contributed by atoms with van der Waals surface area (Å²) in [5.74, 6) is 0. The Morgan fingerprint density at radius 2 is 1.35 bits per heavy atom. The highest BCUT2D eigenvalue weighted by Gasteiger charge is 2.13. The van der Waals surface area contributed by atoms with Crippen molar-refractivity contribution >= 4 is 23.0 Å². The molecule has 2 nitrogen and oxygen atoms in total. The minimum atomic E-state index is 0.139. The number of rotatable bonds is 4. The number of hydrogen-bond acceptors (Lipinski definition) is 2. The number of hydrazone groups is 1. The Labute approximate surface area is 160 Å². The lowest BCUT2D eigenvalue weighted by molar-refractivity contribution is 0.590. The van der Waals surface area contributed by atoms with Crippen LogP contribution in [0.15, 0.2) is 84.0 Å². The lowest BCUT2D eigenvalue weighted by atomic mass is 9.87. The molecule has 0 aliphatic carbocycles. The fourth-order valence-corrected chi connectivity index (χ4v) is 2.79. The molecule has 0 aliphatic rings. The van der Waals surface area contributed by atoms with Gasteiger partial charge in [-0.15, -0.1) is 0 Å². The van der Waals surface area contributed by atoms with Gasteiger partial charge < -0.3 is 0 Å². The van der Waals surface area contributed by atoms with Crippen molar-refractivity contribution in [3.8, 4) is 0 Å². The zero-order valence-corrected chi connectivity index (χ0v) is 16.1. The normalized spacial score (nSPS) is 12.1. The minimum Gasteiger partial charge on any atom is -0.278 e. The van der Waals surface area contributed by atoms with Crippen molar-refractivity contribution in [1.29, 1.82) is 0 Å². The lowest BCUT2D eigenvalue weighted by Crippen LogP contribution is -2.10. The van der Waals surface area contributed by atoms with E-state index in [0.29, 0.717) is 5.02 Å². The molecule has 3 rings (SSSR count). The van der Waals surface area contributed by atoms with Crippen LogP contribution in [0.2, 0.25) is 5.02 Å². The summed E-state index contributed by atoms with van der Waals surface area (Å²) in [6.45, 7) is 6.63. The van der Waals surface area contributed by atoms with Crippen LogP contribution in [0.4, 0.5) is 5.69 Å². The molecule has 132 valence electrons. The highest BCUT2D eigenvalue weighted by Crippen LogP contribution is 2.23. The summed E-state index contributed by atoms with van der Waals surface area (Å²) in [6, 6.07) is 26.3. The highest BCUT2D eigenvalue weighted by atomic mass is 35.5. The molecule has 0 heterocycles. The molecule has 0 saturated heterocycles. The summed E-state index contributed by atoms with van der Waals surface area (Å²) in [4.78, 5) is 0. The number of halogens is 1. The van der Waals surface area contributed by atoms with E-state index in [1.54, 1.807) is 0 Å². The molecule has 0 aliphatic heterocycles. The van der Waals surface area contributed by atoms with Gasteiger partial charge in [-0.25, -0.2) is 0 Å². The van der Waals surface area contributed by atoms with Crippen LogP contribution in [-0.4, -0.2) is 5.71 Å². The first-order valence-electron chi connectivity index (χ1n) is 8.69. The maximum atomic E-state index is 6.03. The molecule has 3 aromatic carbocycles. The van der Waals surface area contributed by atoms with E-state index in [1.807, 2.05) is 42.5 Å². The van der Waals surface area contributed by atoms with E-state index in [4.69, 9.17) is 11.6 Å². The number of anilines is 1. The second-order valence-corrected chi connectivity index (χ2v) is 7.71. The molecule has 0 saturated carbocycles. The topological polar surface area (TPSA) is 24.4 Å². The first-order chi connectivity index (χ1) is 12.4. The van der Waals surface area contributed by atoms with E-state index in [1.165, 1.54) is 5.56 Å². The van der Waals surface area contributed by atoms with Crippen molar-refractivity contribution in [1.82, 2.24) is 0 Å². The Kier molecular flexibility index (Phi) is 5.43. The minimum absolute atomic E-state index is 0.139. The standard InChI is InChI=1S/C23H23ClN2/c1-23(2,3)19-11-15-21(16-12-19)25-26-22(17-7-5-4-6-8-17)18-9-13-20(24)14-10-18/h4-16,25H,1-3H3/b26-22-. The van der Waals surface area contributed by atoms with Crippen molar-refractivity contribution in [3.05, 3.63) is 101 Å². The van der Waals surface area contributed by atoms with Gasteiger partial charge >= 0.3 is 0 Å². The molecule has 3 heteroatoms. The zero-order chi connectivity index (χ0) is 18.6. The lowest BCUT2D eigenvalue weighted by Gasteiger charge is -2.19. The molecule has 26 heavy (non-hydrogen) atoms. The van der Waals surface area contributed by atoms with E-state index < -0.39 is 0 Å².